The van der Waals surface area contributed by atoms with Crippen LogP contribution in [0.5, 0.6) is 0 Å². The molecule has 1 saturated carbocycles. The van der Waals surface area contributed by atoms with E-state index >= 15 is 0 Å². The van der Waals surface area contributed by atoms with Crippen LogP contribution >= 0.6 is 11.6 Å². The second-order valence-electron chi connectivity index (χ2n) is 4.99. The maximum Gasteiger partial charge on any atom is 0.272 e. The predicted molar refractivity (Wildman–Crippen MR) is 77.9 cm³/mol. The minimum absolute atomic E-state index is 0.0261. The zero-order chi connectivity index (χ0) is 14.1. The fourth-order valence-electron chi connectivity index (χ4n) is 2.30. The first-order valence-electron chi connectivity index (χ1n) is 6.67. The summed E-state index contributed by atoms with van der Waals surface area (Å²) in [6, 6.07) is 9.29. The van der Waals surface area contributed by atoms with Gasteiger partial charge >= 0.3 is 0 Å². The van der Waals surface area contributed by atoms with E-state index in [-0.39, 0.29) is 18.6 Å². The molecule has 0 bridgehead atoms. The number of rotatable bonds is 4. The number of benzene rings is 1. The number of nitrogens with zero attached hydrogens (tertiary/aromatic N) is 2. The number of hydrogen-bond donors (Lipinski definition) is 1. The SMILES string of the molecule is O=C(c1ccc2ccc(Cl)cc2n1)N(CCO)C1CC1. The van der Waals surface area contributed by atoms with Crippen LogP contribution in [0.2, 0.25) is 5.02 Å². The van der Waals surface area contributed by atoms with Gasteiger partial charge in [-0.05, 0) is 31.0 Å². The maximum absolute atomic E-state index is 12.5. The molecule has 0 aliphatic heterocycles. The molecule has 5 heteroatoms. The zero-order valence-electron chi connectivity index (χ0n) is 10.9. The Balaban J connectivity index is 1.94. The third-order valence-corrected chi connectivity index (χ3v) is 3.70. The molecule has 2 aromatic rings. The molecule has 0 unspecified atom stereocenters. The normalized spacial score (nSPS) is 14.5. The van der Waals surface area contributed by atoms with Crippen LogP contribution in [0.15, 0.2) is 30.3 Å². The number of aliphatic hydroxyl groups excluding tert-OH is 1. The van der Waals surface area contributed by atoms with Crippen molar-refractivity contribution in [3.05, 3.63) is 41.0 Å². The van der Waals surface area contributed by atoms with Gasteiger partial charge in [0, 0.05) is 23.0 Å². The van der Waals surface area contributed by atoms with Crippen molar-refractivity contribution in [3.63, 3.8) is 0 Å². The van der Waals surface area contributed by atoms with Gasteiger partial charge in [-0.3, -0.25) is 4.79 Å². The number of aromatic nitrogens is 1. The van der Waals surface area contributed by atoms with Crippen molar-refractivity contribution in [3.8, 4) is 0 Å². The largest absolute Gasteiger partial charge is 0.395 e. The summed E-state index contributed by atoms with van der Waals surface area (Å²) in [5, 5.41) is 10.6. The van der Waals surface area contributed by atoms with Gasteiger partial charge in [0.2, 0.25) is 0 Å². The van der Waals surface area contributed by atoms with Gasteiger partial charge in [-0.1, -0.05) is 23.7 Å². The van der Waals surface area contributed by atoms with Crippen molar-refractivity contribution >= 4 is 28.4 Å². The quantitative estimate of drug-likeness (QED) is 0.941. The number of fused-ring (bicyclic) bond motifs is 1. The molecule has 1 aliphatic carbocycles. The summed E-state index contributed by atoms with van der Waals surface area (Å²) in [5.74, 6) is -0.122. The van der Waals surface area contributed by atoms with Crippen molar-refractivity contribution in [2.75, 3.05) is 13.2 Å². The highest BCUT2D eigenvalue weighted by Gasteiger charge is 2.33. The first-order valence-corrected chi connectivity index (χ1v) is 7.05. The van der Waals surface area contributed by atoms with E-state index in [2.05, 4.69) is 4.98 Å². The molecule has 104 valence electrons. The average Bonchev–Trinajstić information content (AvgIpc) is 3.27. The van der Waals surface area contributed by atoms with E-state index in [4.69, 9.17) is 16.7 Å². The molecule has 1 aliphatic rings. The van der Waals surface area contributed by atoms with Crippen molar-refractivity contribution in [2.45, 2.75) is 18.9 Å². The molecule has 0 atom stereocenters. The lowest BCUT2D eigenvalue weighted by molar-refractivity contribution is 0.0702. The molecule has 0 spiro atoms. The van der Waals surface area contributed by atoms with E-state index in [0.717, 1.165) is 18.2 Å². The highest BCUT2D eigenvalue weighted by atomic mass is 35.5. The van der Waals surface area contributed by atoms with E-state index in [1.54, 1.807) is 23.1 Å². The molecule has 1 aromatic carbocycles. The Kier molecular flexibility index (Phi) is 3.59. The molecule has 1 amide bonds. The molecular weight excluding hydrogens is 276 g/mol. The van der Waals surface area contributed by atoms with Crippen molar-refractivity contribution < 1.29 is 9.90 Å². The zero-order valence-corrected chi connectivity index (χ0v) is 11.7. The fourth-order valence-corrected chi connectivity index (χ4v) is 2.47. The topological polar surface area (TPSA) is 53.4 Å². The molecule has 1 aromatic heterocycles. The van der Waals surface area contributed by atoms with E-state index in [1.165, 1.54) is 0 Å². The van der Waals surface area contributed by atoms with Gasteiger partial charge in [0.1, 0.15) is 5.69 Å². The number of halogens is 1. The molecule has 1 fully saturated rings. The number of carbonyl (C=O) groups excluding carboxylic acids is 1. The van der Waals surface area contributed by atoms with Gasteiger partial charge in [-0.2, -0.15) is 0 Å². The highest BCUT2D eigenvalue weighted by Crippen LogP contribution is 2.28. The standard InChI is InChI=1S/C15H15ClN2O2/c16-11-3-1-10-2-6-13(17-14(10)9-11)15(20)18(7-8-19)12-4-5-12/h1-3,6,9,12,19H,4-5,7-8H2. The summed E-state index contributed by atoms with van der Waals surface area (Å²) in [6.45, 7) is 0.334. The molecule has 1 heterocycles. The lowest BCUT2D eigenvalue weighted by Gasteiger charge is -2.20. The third-order valence-electron chi connectivity index (χ3n) is 3.46. The van der Waals surface area contributed by atoms with Crippen LogP contribution in [0.25, 0.3) is 10.9 Å². The molecule has 4 nitrogen and oxygen atoms in total. The van der Waals surface area contributed by atoms with Gasteiger partial charge in [0.05, 0.1) is 12.1 Å². The van der Waals surface area contributed by atoms with Crippen LogP contribution in [0.1, 0.15) is 23.3 Å². The van der Waals surface area contributed by atoms with Crippen molar-refractivity contribution in [1.29, 1.82) is 0 Å². The van der Waals surface area contributed by atoms with Gasteiger partial charge in [-0.15, -0.1) is 0 Å². The van der Waals surface area contributed by atoms with Crippen LogP contribution in [-0.4, -0.2) is 40.1 Å². The number of pyridine rings is 1. The lowest BCUT2D eigenvalue weighted by atomic mass is 10.2. The molecule has 0 radical (unpaired) electrons. The second-order valence-corrected chi connectivity index (χ2v) is 5.42. The van der Waals surface area contributed by atoms with Gasteiger partial charge in [0.15, 0.2) is 0 Å². The van der Waals surface area contributed by atoms with E-state index < -0.39 is 0 Å². The monoisotopic (exact) mass is 290 g/mol. The van der Waals surface area contributed by atoms with E-state index in [1.807, 2.05) is 12.1 Å². The minimum Gasteiger partial charge on any atom is -0.395 e. The Morgan fingerprint density at radius 2 is 2.10 bits per heavy atom. The van der Waals surface area contributed by atoms with Crippen LogP contribution in [0, 0.1) is 0 Å². The second kappa shape index (κ2) is 5.38. The number of carbonyl (C=O) groups is 1. The number of amides is 1. The Morgan fingerprint density at radius 1 is 1.35 bits per heavy atom. The molecule has 1 N–H and O–H groups in total. The van der Waals surface area contributed by atoms with Crippen molar-refractivity contribution in [1.82, 2.24) is 9.88 Å². The van der Waals surface area contributed by atoms with Crippen LogP contribution in [0.4, 0.5) is 0 Å². The first kappa shape index (κ1) is 13.3. The van der Waals surface area contributed by atoms with Crippen LogP contribution < -0.4 is 0 Å². The summed E-state index contributed by atoms with van der Waals surface area (Å²) in [7, 11) is 0. The number of hydrogen-bond acceptors (Lipinski definition) is 3. The average molecular weight is 291 g/mol. The summed E-state index contributed by atoms with van der Waals surface area (Å²) >= 11 is 5.95. The third kappa shape index (κ3) is 2.62. The van der Waals surface area contributed by atoms with Crippen LogP contribution in [0.3, 0.4) is 0 Å². The smallest absolute Gasteiger partial charge is 0.272 e. The van der Waals surface area contributed by atoms with Gasteiger partial charge < -0.3 is 10.0 Å². The van der Waals surface area contributed by atoms with Gasteiger partial charge in [0.25, 0.3) is 5.91 Å². The van der Waals surface area contributed by atoms with Gasteiger partial charge in [-0.25, -0.2) is 4.98 Å². The lowest BCUT2D eigenvalue weighted by Crippen LogP contribution is -2.35. The summed E-state index contributed by atoms with van der Waals surface area (Å²) < 4.78 is 0. The van der Waals surface area contributed by atoms with Crippen molar-refractivity contribution in [2.24, 2.45) is 0 Å². The maximum atomic E-state index is 12.5. The number of aliphatic hydroxyl groups is 1. The fraction of sp³-hybridized carbons (Fsp3) is 0.333. The summed E-state index contributed by atoms with van der Waals surface area (Å²) in [5.41, 5.74) is 1.11. The summed E-state index contributed by atoms with van der Waals surface area (Å²) in [4.78, 5) is 18.6. The van der Waals surface area contributed by atoms with Crippen LogP contribution in [-0.2, 0) is 0 Å². The summed E-state index contributed by atoms with van der Waals surface area (Å²) in [6.07, 6.45) is 2.01. The Hall–Kier alpha value is -1.65. The predicted octanol–water partition coefficient (Wildman–Crippen LogP) is 2.49. The minimum atomic E-state index is -0.122. The molecule has 0 saturated heterocycles. The molecule has 3 rings (SSSR count). The Bertz CT molecular complexity index is 655. The Morgan fingerprint density at radius 3 is 2.80 bits per heavy atom. The van der Waals surface area contributed by atoms with E-state index in [9.17, 15) is 4.79 Å². The molecule has 20 heavy (non-hydrogen) atoms. The Labute approximate surface area is 122 Å². The highest BCUT2D eigenvalue weighted by molar-refractivity contribution is 6.31. The first-order chi connectivity index (χ1) is 9.69. The molecular formula is C15H15ClN2O2. The van der Waals surface area contributed by atoms with E-state index in [0.29, 0.717) is 22.8 Å².